The molecular weight excluding hydrogens is 628 g/mol. The lowest BCUT2D eigenvalue weighted by Gasteiger charge is -2.32. The summed E-state index contributed by atoms with van der Waals surface area (Å²) in [6, 6.07) is 14.1. The van der Waals surface area contributed by atoms with E-state index in [4.69, 9.17) is 26.8 Å². The molecule has 2 saturated heterocycles. The average molecular weight is 675 g/mol. The highest BCUT2D eigenvalue weighted by Crippen LogP contribution is 2.25. The topological polar surface area (TPSA) is 173 Å². The Morgan fingerprint density at radius 1 is 0.745 bits per heavy atom. The Kier molecular flexibility index (Phi) is 16.1. The van der Waals surface area contributed by atoms with E-state index in [0.717, 1.165) is 75.9 Å². The van der Waals surface area contributed by atoms with Crippen LogP contribution in [0.15, 0.2) is 48.5 Å². The molecule has 6 N–H and O–H groups in total. The van der Waals surface area contributed by atoms with Gasteiger partial charge in [0.05, 0.1) is 7.11 Å². The van der Waals surface area contributed by atoms with Crippen molar-refractivity contribution in [3.05, 3.63) is 53.6 Å². The number of rotatable bonds is 11. The molecule has 0 atom stereocenters. The van der Waals surface area contributed by atoms with Gasteiger partial charge in [-0.05, 0) is 106 Å². The molecule has 0 unspecified atom stereocenters. The van der Waals surface area contributed by atoms with Gasteiger partial charge < -0.3 is 25.2 Å². The minimum absolute atomic E-state index is 0.0849. The van der Waals surface area contributed by atoms with E-state index in [2.05, 4.69) is 10.6 Å². The van der Waals surface area contributed by atoms with E-state index >= 15 is 0 Å². The van der Waals surface area contributed by atoms with E-state index in [0.29, 0.717) is 48.5 Å². The maximum atomic E-state index is 12.3. The first kappa shape index (κ1) is 37.4. The number of carbonyl (C=O) groups excluding carboxylic acids is 4. The lowest BCUT2D eigenvalue weighted by Crippen LogP contribution is -2.41. The molecule has 0 bridgehead atoms. The quantitative estimate of drug-likeness (QED) is 0.128. The minimum Gasteiger partial charge on any atom is -0.497 e. The number of nitrogens with zero attached hydrogens (tertiary/aromatic N) is 2. The summed E-state index contributed by atoms with van der Waals surface area (Å²) < 4.78 is 5.09. The molecule has 2 aliphatic heterocycles. The molecule has 0 saturated carbocycles. The average Bonchev–Trinajstić information content (AvgIpc) is 3.09. The van der Waals surface area contributed by atoms with Gasteiger partial charge >= 0.3 is 12.1 Å². The third-order valence-electron chi connectivity index (χ3n) is 8.50. The maximum Gasteiger partial charge on any atom is 0.321 e. The third kappa shape index (κ3) is 13.7. The Bertz CT molecular complexity index is 1280. The van der Waals surface area contributed by atoms with Gasteiger partial charge in [-0.3, -0.25) is 20.0 Å². The summed E-state index contributed by atoms with van der Waals surface area (Å²) in [6.45, 7) is 2.87. The molecular formula is C33H47ClN6O7. The highest BCUT2D eigenvalue weighted by molar-refractivity contribution is 6.30. The number of carbonyl (C=O) groups is 4. The van der Waals surface area contributed by atoms with Crippen LogP contribution in [0.5, 0.6) is 5.75 Å². The number of likely N-dealkylation sites (tertiary alicyclic amines) is 2. The summed E-state index contributed by atoms with van der Waals surface area (Å²) in [6.07, 6.45) is 7.83. The van der Waals surface area contributed by atoms with Crippen LogP contribution in [0, 0.1) is 11.8 Å². The lowest BCUT2D eigenvalue weighted by molar-refractivity contribution is -0.130. The molecule has 0 aromatic heterocycles. The number of piperidine rings is 2. The normalized spacial score (nSPS) is 15.1. The Morgan fingerprint density at radius 3 is 1.64 bits per heavy atom. The molecule has 4 rings (SSSR count). The van der Waals surface area contributed by atoms with E-state index < -0.39 is 0 Å². The number of urea groups is 2. The van der Waals surface area contributed by atoms with Crippen LogP contribution in [-0.4, -0.2) is 77.4 Å². The van der Waals surface area contributed by atoms with Crippen LogP contribution in [0.3, 0.4) is 0 Å². The molecule has 13 nitrogen and oxygen atoms in total. The van der Waals surface area contributed by atoms with Crippen molar-refractivity contribution in [3.8, 4) is 5.75 Å². The van der Waals surface area contributed by atoms with E-state index in [1.807, 2.05) is 35.2 Å². The predicted molar refractivity (Wildman–Crippen MR) is 179 cm³/mol. The first-order valence-corrected chi connectivity index (χ1v) is 16.5. The first-order chi connectivity index (χ1) is 22.7. The third-order valence-corrected chi connectivity index (χ3v) is 8.74. The van der Waals surface area contributed by atoms with Crippen LogP contribution >= 0.6 is 11.6 Å². The molecule has 2 fully saturated rings. The second-order valence-corrected chi connectivity index (χ2v) is 12.3. The van der Waals surface area contributed by atoms with E-state index in [1.165, 1.54) is 0 Å². The molecule has 258 valence electrons. The van der Waals surface area contributed by atoms with Gasteiger partial charge in [0.15, 0.2) is 0 Å². The lowest BCUT2D eigenvalue weighted by atomic mass is 9.91. The number of anilines is 2. The summed E-state index contributed by atoms with van der Waals surface area (Å²) in [4.78, 5) is 50.1. The molecule has 6 amide bonds. The van der Waals surface area contributed by atoms with E-state index in [1.54, 1.807) is 41.2 Å². The Morgan fingerprint density at radius 2 is 1.21 bits per heavy atom. The van der Waals surface area contributed by atoms with Crippen molar-refractivity contribution in [1.29, 1.82) is 0 Å². The fourth-order valence-electron chi connectivity index (χ4n) is 5.71. The molecule has 14 heteroatoms. The van der Waals surface area contributed by atoms with E-state index in [9.17, 15) is 19.2 Å². The standard InChI is InChI=1S/C17H25N3O4.C16H22ClN3O3/c1-24-15-7-5-14(6-8-15)18-17(22)20-11-9-13(10-12-20)3-2-4-16(21)19-23;17-13-4-2-5-14(11-13)18-16(22)20-9-7-12(8-10-20)3-1-6-15(21)19-23/h5-8,13,23H,2-4,9-12H2,1H3,(H,18,22)(H,19,21);2,4-5,11-12,23H,1,3,6-10H2,(H,18,22)(H,19,21). The first-order valence-electron chi connectivity index (χ1n) is 16.1. The summed E-state index contributed by atoms with van der Waals surface area (Å²) >= 11 is 5.91. The van der Waals surface area contributed by atoms with Gasteiger partial charge in [-0.15, -0.1) is 0 Å². The number of methoxy groups -OCH3 is 1. The number of amides is 6. The Labute approximate surface area is 280 Å². The fourth-order valence-corrected chi connectivity index (χ4v) is 5.90. The second kappa shape index (κ2) is 20.2. The van der Waals surface area contributed by atoms with Gasteiger partial charge in [-0.2, -0.15) is 0 Å². The van der Waals surface area contributed by atoms with E-state index in [-0.39, 0.29) is 23.9 Å². The van der Waals surface area contributed by atoms with Gasteiger partial charge in [-0.1, -0.05) is 17.7 Å². The molecule has 0 spiro atoms. The number of halogens is 1. The summed E-state index contributed by atoms with van der Waals surface area (Å²) in [5.74, 6) is 1.12. The van der Waals surface area contributed by atoms with Crippen molar-refractivity contribution in [2.45, 2.75) is 64.2 Å². The van der Waals surface area contributed by atoms with Crippen molar-refractivity contribution in [3.63, 3.8) is 0 Å². The highest BCUT2D eigenvalue weighted by atomic mass is 35.5. The fraction of sp³-hybridized carbons (Fsp3) is 0.515. The van der Waals surface area contributed by atoms with Crippen LogP contribution in [0.4, 0.5) is 21.0 Å². The van der Waals surface area contributed by atoms with Gasteiger partial charge in [0.2, 0.25) is 11.8 Å². The molecule has 2 aromatic carbocycles. The maximum absolute atomic E-state index is 12.3. The van der Waals surface area contributed by atoms with Crippen molar-refractivity contribution < 1.29 is 34.3 Å². The van der Waals surface area contributed by atoms with Gasteiger partial charge in [0, 0.05) is 55.4 Å². The number of benzene rings is 2. The smallest absolute Gasteiger partial charge is 0.321 e. The van der Waals surface area contributed by atoms with Crippen LogP contribution in [-0.2, 0) is 9.59 Å². The molecule has 47 heavy (non-hydrogen) atoms. The zero-order chi connectivity index (χ0) is 34.0. The van der Waals surface area contributed by atoms with Crippen molar-refractivity contribution in [1.82, 2.24) is 20.8 Å². The molecule has 2 aliphatic rings. The van der Waals surface area contributed by atoms with Gasteiger partial charge in [0.1, 0.15) is 5.75 Å². The van der Waals surface area contributed by atoms with Crippen LogP contribution in [0.1, 0.15) is 64.2 Å². The SMILES string of the molecule is COc1ccc(NC(=O)N2CCC(CCCC(=O)NO)CC2)cc1.O=C(CCCC1CCN(C(=O)Nc2cccc(Cl)c2)CC1)NO. The van der Waals surface area contributed by atoms with Crippen LogP contribution in [0.2, 0.25) is 5.02 Å². The van der Waals surface area contributed by atoms with Crippen molar-refractivity contribution in [2.24, 2.45) is 11.8 Å². The monoisotopic (exact) mass is 674 g/mol. The molecule has 0 radical (unpaired) electrons. The summed E-state index contributed by atoms with van der Waals surface area (Å²) in [5, 5.41) is 23.2. The second-order valence-electron chi connectivity index (χ2n) is 11.8. The minimum atomic E-state index is -0.344. The number of hydroxylamine groups is 2. The van der Waals surface area contributed by atoms with Crippen LogP contribution < -0.4 is 26.3 Å². The van der Waals surface area contributed by atoms with Crippen molar-refractivity contribution in [2.75, 3.05) is 43.9 Å². The van der Waals surface area contributed by atoms with Crippen LogP contribution in [0.25, 0.3) is 0 Å². The van der Waals surface area contributed by atoms with Crippen molar-refractivity contribution >= 4 is 46.9 Å². The highest BCUT2D eigenvalue weighted by Gasteiger charge is 2.24. The summed E-state index contributed by atoms with van der Waals surface area (Å²) in [7, 11) is 1.61. The predicted octanol–water partition coefficient (Wildman–Crippen LogP) is 5.87. The molecule has 2 heterocycles. The summed E-state index contributed by atoms with van der Waals surface area (Å²) in [5.41, 5.74) is 4.73. The number of nitrogens with one attached hydrogen (secondary N) is 4. The number of hydrogen-bond donors (Lipinski definition) is 6. The Hall–Kier alpha value is -4.07. The zero-order valence-corrected chi connectivity index (χ0v) is 27.6. The van der Waals surface area contributed by atoms with Gasteiger partial charge in [-0.25, -0.2) is 20.5 Å². The largest absolute Gasteiger partial charge is 0.497 e. The number of ether oxygens (including phenoxy) is 1. The molecule has 0 aliphatic carbocycles. The Balaban J connectivity index is 0.000000256. The van der Waals surface area contributed by atoms with Gasteiger partial charge in [0.25, 0.3) is 0 Å². The number of hydrogen-bond acceptors (Lipinski definition) is 7. The zero-order valence-electron chi connectivity index (χ0n) is 26.9. The molecule has 2 aromatic rings.